The molecule has 6 nitrogen and oxygen atoms in total. The molecule has 0 spiro atoms. The summed E-state index contributed by atoms with van der Waals surface area (Å²) in [6.45, 7) is 5.56. The van der Waals surface area contributed by atoms with E-state index < -0.39 is 11.7 Å². The molecule has 2 fully saturated rings. The number of fused-ring (bicyclic) bond motifs is 1. The molecule has 1 amide bonds. The molecule has 2 heterocycles. The number of hydrogen-bond acceptors (Lipinski definition) is 4. The summed E-state index contributed by atoms with van der Waals surface area (Å²) in [7, 11) is 0. The highest BCUT2D eigenvalue weighted by molar-refractivity contribution is 5.80. The second-order valence-electron chi connectivity index (χ2n) is 8.86. The summed E-state index contributed by atoms with van der Waals surface area (Å²) in [6, 6.07) is 6.33. The second kappa shape index (κ2) is 7.06. The topological polar surface area (TPSA) is 68.8 Å². The Kier molecular flexibility index (Phi) is 4.74. The first-order chi connectivity index (χ1) is 12.9. The van der Waals surface area contributed by atoms with E-state index in [4.69, 9.17) is 4.74 Å². The van der Waals surface area contributed by atoms with Crippen LogP contribution in [0.3, 0.4) is 0 Å². The van der Waals surface area contributed by atoms with Gasteiger partial charge in [-0.05, 0) is 76.8 Å². The molecule has 2 aromatic heterocycles. The highest BCUT2D eigenvalue weighted by Gasteiger charge is 2.31. The van der Waals surface area contributed by atoms with E-state index in [1.165, 1.54) is 18.5 Å². The molecule has 0 N–H and O–H groups in total. The van der Waals surface area contributed by atoms with E-state index in [0.29, 0.717) is 11.8 Å². The Balaban J connectivity index is 1.51. The molecule has 2 aliphatic rings. The monoisotopic (exact) mass is 368 g/mol. The predicted molar refractivity (Wildman–Crippen MR) is 104 cm³/mol. The molecule has 27 heavy (non-hydrogen) atoms. The van der Waals surface area contributed by atoms with Crippen molar-refractivity contribution in [3.8, 4) is 0 Å². The average Bonchev–Trinajstić information content (AvgIpc) is 3.37. The molecule has 0 bridgehead atoms. The maximum absolute atomic E-state index is 11.9. The molecule has 2 saturated carbocycles. The van der Waals surface area contributed by atoms with Crippen molar-refractivity contribution in [1.82, 2.24) is 14.6 Å². The summed E-state index contributed by atoms with van der Waals surface area (Å²) in [6.07, 6.45) is 8.01. The lowest BCUT2D eigenvalue weighted by Gasteiger charge is -2.26. The van der Waals surface area contributed by atoms with E-state index in [2.05, 4.69) is 31.7 Å². The summed E-state index contributed by atoms with van der Waals surface area (Å²) < 4.78 is 7.54. The lowest BCUT2D eigenvalue weighted by atomic mass is 9.81. The van der Waals surface area contributed by atoms with E-state index in [-0.39, 0.29) is 5.92 Å². The van der Waals surface area contributed by atoms with E-state index in [1.54, 1.807) is 6.21 Å². The molecule has 0 aliphatic heterocycles. The third-order valence-corrected chi connectivity index (χ3v) is 5.34. The van der Waals surface area contributed by atoms with Crippen LogP contribution >= 0.6 is 0 Å². The van der Waals surface area contributed by atoms with Gasteiger partial charge >= 0.3 is 6.09 Å². The Labute approximate surface area is 160 Å². The number of ether oxygens (including phenoxy) is 1. The van der Waals surface area contributed by atoms with Gasteiger partial charge in [-0.2, -0.15) is 4.99 Å². The summed E-state index contributed by atoms with van der Waals surface area (Å²) >= 11 is 0. The number of aliphatic imine (C=N–C) groups is 1. The van der Waals surface area contributed by atoms with Crippen molar-refractivity contribution < 1.29 is 9.53 Å². The van der Waals surface area contributed by atoms with Crippen LogP contribution in [0.2, 0.25) is 0 Å². The van der Waals surface area contributed by atoms with Gasteiger partial charge in [0.25, 0.3) is 0 Å². The lowest BCUT2D eigenvalue weighted by molar-refractivity contribution is 0.0604. The first-order valence-corrected chi connectivity index (χ1v) is 10.0. The molecule has 1 unspecified atom stereocenters. The van der Waals surface area contributed by atoms with Crippen molar-refractivity contribution in [2.24, 2.45) is 10.9 Å². The molecule has 6 heteroatoms. The van der Waals surface area contributed by atoms with E-state index >= 15 is 0 Å². The Hall–Kier alpha value is -2.24. The van der Waals surface area contributed by atoms with Crippen LogP contribution in [0.5, 0.6) is 0 Å². The normalized spacial score (nSPS) is 23.8. The van der Waals surface area contributed by atoms with Crippen molar-refractivity contribution in [3.05, 3.63) is 29.7 Å². The molecule has 0 aromatic carbocycles. The summed E-state index contributed by atoms with van der Waals surface area (Å²) in [5.41, 5.74) is 1.78. The maximum atomic E-state index is 11.9. The highest BCUT2D eigenvalue weighted by atomic mass is 16.6. The highest BCUT2D eigenvalue weighted by Crippen LogP contribution is 2.42. The predicted octanol–water partition coefficient (Wildman–Crippen LogP) is 4.89. The molecule has 4 rings (SSSR count). The summed E-state index contributed by atoms with van der Waals surface area (Å²) in [4.78, 5) is 15.9. The van der Waals surface area contributed by atoms with Gasteiger partial charge in [-0.15, -0.1) is 10.2 Å². The van der Waals surface area contributed by atoms with Crippen molar-refractivity contribution in [3.63, 3.8) is 0 Å². The molecule has 2 atom stereocenters. The Morgan fingerprint density at radius 1 is 1.19 bits per heavy atom. The fourth-order valence-corrected chi connectivity index (χ4v) is 4.00. The van der Waals surface area contributed by atoms with Crippen LogP contribution in [0.1, 0.15) is 82.7 Å². The van der Waals surface area contributed by atoms with Gasteiger partial charge in [0.2, 0.25) is 0 Å². The number of pyridine rings is 1. The van der Waals surface area contributed by atoms with E-state index in [0.717, 1.165) is 37.2 Å². The minimum absolute atomic E-state index is 0.275. The zero-order valence-electron chi connectivity index (χ0n) is 16.4. The van der Waals surface area contributed by atoms with E-state index in [9.17, 15) is 4.79 Å². The third kappa shape index (κ3) is 4.20. The standard InChI is InChI=1S/C21H28N4O2/c1-21(2,3)27-20(26)22-13-14-6-4-7-16(12-14)19-24-23-18-9-5-8-17(25(18)19)15-10-11-15/h5,8-9,13-16H,4,6-7,10-12H2,1-3H3/t14?,16-/m0/s1. The van der Waals surface area contributed by atoms with Crippen LogP contribution in [0.4, 0.5) is 4.79 Å². The SMILES string of the molecule is CC(C)(C)OC(=O)N=CC1CCC[C@H](c2nnc3cccc(C4CC4)n23)C1. The number of rotatable bonds is 3. The van der Waals surface area contributed by atoms with Gasteiger partial charge < -0.3 is 4.74 Å². The quantitative estimate of drug-likeness (QED) is 0.724. The Bertz CT molecular complexity index is 861. The summed E-state index contributed by atoms with van der Waals surface area (Å²) in [5, 5.41) is 8.95. The van der Waals surface area contributed by atoms with Crippen LogP contribution in [-0.2, 0) is 4.74 Å². The Morgan fingerprint density at radius 2 is 2.00 bits per heavy atom. The van der Waals surface area contributed by atoms with Gasteiger partial charge in [0.05, 0.1) is 0 Å². The third-order valence-electron chi connectivity index (χ3n) is 5.34. The zero-order chi connectivity index (χ0) is 19.0. The van der Waals surface area contributed by atoms with E-state index in [1.807, 2.05) is 26.8 Å². The maximum Gasteiger partial charge on any atom is 0.433 e. The minimum atomic E-state index is -0.511. The van der Waals surface area contributed by atoms with Crippen LogP contribution in [0.15, 0.2) is 23.2 Å². The fraction of sp³-hybridized carbons (Fsp3) is 0.619. The number of amides is 1. The molecule has 2 aromatic rings. The van der Waals surface area contributed by atoms with Gasteiger partial charge in [-0.25, -0.2) is 4.79 Å². The first kappa shape index (κ1) is 18.1. The van der Waals surface area contributed by atoms with Crippen LogP contribution in [0.25, 0.3) is 5.65 Å². The molecule has 0 saturated heterocycles. The van der Waals surface area contributed by atoms with Gasteiger partial charge in [-0.3, -0.25) is 4.40 Å². The van der Waals surface area contributed by atoms with Crippen molar-refractivity contribution in [2.45, 2.75) is 76.7 Å². The first-order valence-electron chi connectivity index (χ1n) is 10.0. The average molecular weight is 368 g/mol. The van der Waals surface area contributed by atoms with Crippen molar-refractivity contribution in [1.29, 1.82) is 0 Å². The smallest absolute Gasteiger partial charge is 0.433 e. The van der Waals surface area contributed by atoms with Crippen LogP contribution in [-0.4, -0.2) is 32.5 Å². The minimum Gasteiger partial charge on any atom is -0.442 e. The number of hydrogen-bond donors (Lipinski definition) is 0. The molecule has 2 aliphatic carbocycles. The zero-order valence-corrected chi connectivity index (χ0v) is 16.4. The van der Waals surface area contributed by atoms with Crippen LogP contribution < -0.4 is 0 Å². The number of nitrogens with zero attached hydrogens (tertiary/aromatic N) is 4. The number of carbonyl (C=O) groups is 1. The number of aromatic nitrogens is 3. The van der Waals surface area contributed by atoms with Crippen LogP contribution in [0, 0.1) is 5.92 Å². The molecule has 144 valence electrons. The fourth-order valence-electron chi connectivity index (χ4n) is 4.00. The molecular weight excluding hydrogens is 340 g/mol. The van der Waals surface area contributed by atoms with Gasteiger partial charge in [0.1, 0.15) is 11.4 Å². The largest absolute Gasteiger partial charge is 0.442 e. The summed E-state index contributed by atoms with van der Waals surface area (Å²) in [5.74, 6) is 2.35. The number of carbonyl (C=O) groups excluding carboxylic acids is 1. The Morgan fingerprint density at radius 3 is 2.74 bits per heavy atom. The van der Waals surface area contributed by atoms with Crippen molar-refractivity contribution in [2.75, 3.05) is 0 Å². The van der Waals surface area contributed by atoms with Gasteiger partial charge in [0.15, 0.2) is 5.65 Å². The molecular formula is C21H28N4O2. The van der Waals surface area contributed by atoms with Crippen molar-refractivity contribution >= 4 is 18.0 Å². The van der Waals surface area contributed by atoms with Gasteiger partial charge in [0, 0.05) is 17.8 Å². The molecule has 0 radical (unpaired) electrons. The lowest BCUT2D eigenvalue weighted by Crippen LogP contribution is -2.23. The second-order valence-corrected chi connectivity index (χ2v) is 8.86. The van der Waals surface area contributed by atoms with Gasteiger partial charge in [-0.1, -0.05) is 12.5 Å².